The van der Waals surface area contributed by atoms with Crippen LogP contribution in [0.15, 0.2) is 0 Å². The van der Waals surface area contributed by atoms with Gasteiger partial charge >= 0.3 is 47.0 Å². The average Bonchev–Trinajstić information content (AvgIpc) is 2.14. The molecule has 0 N–H and O–H groups in total. The second kappa shape index (κ2) is 8.06. The zero-order valence-corrected chi connectivity index (χ0v) is 13.2. The standard InChI is InChI=1S/C6F13.FH.HI.Mg/c7-1(8)2(9,10)3(11,12)4(13,14)5(15,16)6(17,18)19;;;/h;2*1H;/q-1;;;+2/p-1. The summed E-state index contributed by atoms with van der Waals surface area (Å²) < 4.78 is 154. The fourth-order valence-corrected chi connectivity index (χ4v) is 0.691. The molecule has 0 aromatic rings. The molecular weight excluding hydrogens is 489 g/mol. The smallest absolute Gasteiger partial charge is 1.00 e. The van der Waals surface area contributed by atoms with Gasteiger partial charge in [-0.2, -0.15) is 39.5 Å². The summed E-state index contributed by atoms with van der Waals surface area (Å²) in [4.78, 5) is 0. The molecule has 0 aromatic heterocycles. The van der Waals surface area contributed by atoms with Gasteiger partial charge in [-0.1, -0.05) is 0 Å². The van der Waals surface area contributed by atoms with E-state index in [1.165, 1.54) is 0 Å². The number of rotatable bonds is 4. The topological polar surface area (TPSA) is 0 Å². The largest absolute Gasteiger partial charge is 2.00 e. The minimum atomic E-state index is -7.80. The number of hydrogen-bond donors (Lipinski definition) is 0. The first-order valence-electron chi connectivity index (χ1n) is 3.71. The van der Waals surface area contributed by atoms with Crippen LogP contribution in [0.2, 0.25) is 0 Å². The van der Waals surface area contributed by atoms with Crippen LogP contribution < -0.4 is 4.70 Å². The Morgan fingerprint density at radius 1 is 0.545 bits per heavy atom. The van der Waals surface area contributed by atoms with Crippen molar-refractivity contribution in [1.82, 2.24) is 0 Å². The van der Waals surface area contributed by atoms with Crippen LogP contribution in [0.5, 0.6) is 0 Å². The van der Waals surface area contributed by atoms with Crippen LogP contribution in [0.4, 0.5) is 57.1 Å². The first kappa shape index (κ1) is 30.4. The summed E-state index contributed by atoms with van der Waals surface area (Å²) >= 11 is 0. The van der Waals surface area contributed by atoms with Gasteiger partial charge in [0.05, 0.1) is 6.43 Å². The van der Waals surface area contributed by atoms with E-state index >= 15 is 0 Å². The minimum absolute atomic E-state index is 0. The molecule has 0 rings (SSSR count). The van der Waals surface area contributed by atoms with Crippen LogP contribution in [-0.2, 0) is 0 Å². The summed E-state index contributed by atoms with van der Waals surface area (Å²) in [5, 5.41) is 0. The van der Waals surface area contributed by atoms with Crippen LogP contribution in [0.25, 0.3) is 0 Å². The zero-order chi connectivity index (χ0) is 16.1. The molecule has 0 heterocycles. The van der Waals surface area contributed by atoms with E-state index < -0.39 is 36.3 Å². The fourth-order valence-electron chi connectivity index (χ4n) is 0.691. The van der Waals surface area contributed by atoms with Gasteiger partial charge in [0, 0.05) is 0 Å². The summed E-state index contributed by atoms with van der Waals surface area (Å²) in [6, 6.07) is 0. The van der Waals surface area contributed by atoms with Gasteiger partial charge in [-0.05, 0) is 0 Å². The van der Waals surface area contributed by atoms with Crippen molar-refractivity contribution >= 4 is 47.0 Å². The van der Waals surface area contributed by atoms with Gasteiger partial charge in [-0.25, -0.2) is 8.78 Å². The first-order chi connectivity index (χ1) is 7.94. The molecule has 0 aromatic carbocycles. The first-order valence-corrected chi connectivity index (χ1v) is 3.71. The summed E-state index contributed by atoms with van der Waals surface area (Å²) in [6.45, 7) is 0. The molecule has 0 bridgehead atoms. The van der Waals surface area contributed by atoms with E-state index in [0.29, 0.717) is 0 Å². The van der Waals surface area contributed by atoms with Crippen molar-refractivity contribution in [3.63, 3.8) is 0 Å². The molecular formula is C6HF14IMg. The Labute approximate surface area is 145 Å². The Morgan fingerprint density at radius 3 is 1.00 bits per heavy atom. The van der Waals surface area contributed by atoms with Gasteiger partial charge in [0.15, 0.2) is 0 Å². The van der Waals surface area contributed by atoms with Crippen molar-refractivity contribution in [2.24, 2.45) is 0 Å². The maximum Gasteiger partial charge on any atom is 2.00 e. The Bertz CT molecular complexity index is 335. The Hall–Kier alpha value is 0.516. The molecule has 0 nitrogen and oxygen atoms in total. The average molecular weight is 490 g/mol. The second-order valence-electron chi connectivity index (χ2n) is 3.06. The van der Waals surface area contributed by atoms with Gasteiger partial charge < -0.3 is 13.5 Å². The van der Waals surface area contributed by atoms with E-state index in [1.54, 1.807) is 0 Å². The van der Waals surface area contributed by atoms with Crippen LogP contribution in [0, 0.1) is 6.43 Å². The Kier molecular flexibility index (Phi) is 11.1. The molecule has 0 aliphatic rings. The van der Waals surface area contributed by atoms with E-state index in [4.69, 9.17) is 0 Å². The molecule has 0 aliphatic heterocycles. The molecule has 0 atom stereocenters. The zero-order valence-electron chi connectivity index (χ0n) is 9.41. The van der Waals surface area contributed by atoms with E-state index in [2.05, 4.69) is 0 Å². The van der Waals surface area contributed by atoms with Crippen molar-refractivity contribution in [3.8, 4) is 0 Å². The molecule has 0 unspecified atom stereocenters. The van der Waals surface area contributed by atoms with E-state index in [9.17, 15) is 57.1 Å². The SMILES string of the molecule is F[C-](F)C(F)(F)C(F)(F)C(F)(F)C(F)(F)C(F)(F)F.I.[F-].[Mg+2]. The summed E-state index contributed by atoms with van der Waals surface area (Å²) in [6.07, 6.45) is -12.1. The van der Waals surface area contributed by atoms with Crippen molar-refractivity contribution in [2.45, 2.75) is 29.9 Å². The predicted molar refractivity (Wildman–Crippen MR) is 52.5 cm³/mol. The third kappa shape index (κ3) is 4.32. The molecule has 132 valence electrons. The molecule has 0 amide bonds. The van der Waals surface area contributed by atoms with Crippen molar-refractivity contribution in [1.29, 1.82) is 0 Å². The second-order valence-corrected chi connectivity index (χ2v) is 3.06. The quantitative estimate of drug-likeness (QED) is 0.244. The maximum atomic E-state index is 12.3. The van der Waals surface area contributed by atoms with Gasteiger partial charge in [-0.15, -0.1) is 24.0 Å². The molecule has 0 radical (unpaired) electrons. The summed E-state index contributed by atoms with van der Waals surface area (Å²) in [7, 11) is 0. The van der Waals surface area contributed by atoms with Gasteiger partial charge in [0.1, 0.15) is 0 Å². The molecule has 0 saturated carbocycles. The molecule has 0 fully saturated rings. The Balaban J connectivity index is -0.000000540. The molecule has 0 saturated heterocycles. The van der Waals surface area contributed by atoms with Crippen LogP contribution in [0.3, 0.4) is 0 Å². The molecule has 16 heteroatoms. The third-order valence-electron chi connectivity index (χ3n) is 1.78. The molecule has 0 spiro atoms. The van der Waals surface area contributed by atoms with E-state index in [0.717, 1.165) is 0 Å². The van der Waals surface area contributed by atoms with Crippen LogP contribution in [-0.4, -0.2) is 52.9 Å². The third-order valence-corrected chi connectivity index (χ3v) is 1.78. The predicted octanol–water partition coefficient (Wildman–Crippen LogP) is 1.76. The van der Waals surface area contributed by atoms with Gasteiger partial charge in [0.2, 0.25) is 0 Å². The number of alkyl halides is 11. The van der Waals surface area contributed by atoms with Crippen LogP contribution >= 0.6 is 24.0 Å². The van der Waals surface area contributed by atoms with E-state index in [-0.39, 0.29) is 51.7 Å². The summed E-state index contributed by atoms with van der Waals surface area (Å²) in [5.41, 5.74) is 0. The van der Waals surface area contributed by atoms with Crippen molar-refractivity contribution < 1.29 is 61.8 Å². The van der Waals surface area contributed by atoms with Crippen LogP contribution in [0.1, 0.15) is 0 Å². The Morgan fingerprint density at radius 2 is 0.818 bits per heavy atom. The monoisotopic (exact) mass is 490 g/mol. The number of halogens is 15. The number of hydrogen-bond acceptors (Lipinski definition) is 0. The molecule has 0 aliphatic carbocycles. The minimum Gasteiger partial charge on any atom is -1.00 e. The summed E-state index contributed by atoms with van der Waals surface area (Å²) in [5.74, 6) is -30.3. The fraction of sp³-hybridized carbons (Fsp3) is 0.833. The van der Waals surface area contributed by atoms with Crippen molar-refractivity contribution in [3.05, 3.63) is 6.43 Å². The van der Waals surface area contributed by atoms with E-state index in [1.807, 2.05) is 0 Å². The molecule has 22 heavy (non-hydrogen) atoms. The van der Waals surface area contributed by atoms with Crippen molar-refractivity contribution in [2.75, 3.05) is 0 Å². The van der Waals surface area contributed by atoms with Gasteiger partial charge in [-0.3, -0.25) is 0 Å². The normalized spacial score (nSPS) is 13.9. The van der Waals surface area contributed by atoms with Gasteiger partial charge in [0.25, 0.3) is 5.92 Å². The maximum absolute atomic E-state index is 12.3.